The normalized spacial score (nSPS) is 11.8. The van der Waals surface area contributed by atoms with Crippen molar-refractivity contribution < 1.29 is 9.18 Å². The van der Waals surface area contributed by atoms with Gasteiger partial charge in [-0.2, -0.15) is 0 Å². The van der Waals surface area contributed by atoms with Gasteiger partial charge in [-0.1, -0.05) is 24.3 Å². The summed E-state index contributed by atoms with van der Waals surface area (Å²) in [6.45, 7) is 3.41. The lowest BCUT2D eigenvalue weighted by molar-refractivity contribution is -0.114. The number of halogens is 1. The van der Waals surface area contributed by atoms with E-state index in [4.69, 9.17) is 0 Å². The number of rotatable bonds is 4. The van der Waals surface area contributed by atoms with Crippen molar-refractivity contribution >= 4 is 17.3 Å². The Morgan fingerprint density at radius 2 is 1.90 bits per heavy atom. The minimum atomic E-state index is -0.280. The lowest BCUT2D eigenvalue weighted by Crippen LogP contribution is -2.10. The van der Waals surface area contributed by atoms with Gasteiger partial charge in [0.05, 0.1) is 5.69 Å². The van der Waals surface area contributed by atoms with Crippen LogP contribution in [0.2, 0.25) is 0 Å². The highest BCUT2D eigenvalue weighted by molar-refractivity contribution is 5.88. The summed E-state index contributed by atoms with van der Waals surface area (Å²) in [6, 6.07) is 14.0. The molecule has 1 atom stereocenters. The topological polar surface area (TPSA) is 41.1 Å². The maximum atomic E-state index is 13.6. The van der Waals surface area contributed by atoms with Crippen molar-refractivity contribution in [2.75, 3.05) is 10.6 Å². The fourth-order valence-corrected chi connectivity index (χ4v) is 1.98. The van der Waals surface area contributed by atoms with Crippen LogP contribution in [-0.2, 0) is 4.79 Å². The molecule has 0 saturated carbocycles. The summed E-state index contributed by atoms with van der Waals surface area (Å²) in [5, 5.41) is 5.85. The molecule has 0 aliphatic heterocycles. The van der Waals surface area contributed by atoms with Gasteiger partial charge in [0.15, 0.2) is 0 Å². The molecule has 1 unspecified atom stereocenters. The zero-order valence-electron chi connectivity index (χ0n) is 11.5. The Hall–Kier alpha value is -2.36. The van der Waals surface area contributed by atoms with E-state index >= 15 is 0 Å². The third-order valence-electron chi connectivity index (χ3n) is 2.95. The van der Waals surface area contributed by atoms with Crippen LogP contribution in [0.4, 0.5) is 15.8 Å². The van der Waals surface area contributed by atoms with E-state index in [0.717, 1.165) is 11.3 Å². The lowest BCUT2D eigenvalue weighted by Gasteiger charge is -2.17. The van der Waals surface area contributed by atoms with E-state index in [2.05, 4.69) is 10.6 Å². The summed E-state index contributed by atoms with van der Waals surface area (Å²) >= 11 is 0. The van der Waals surface area contributed by atoms with E-state index in [0.29, 0.717) is 5.69 Å². The summed E-state index contributed by atoms with van der Waals surface area (Å²) in [7, 11) is 0. The maximum absolute atomic E-state index is 13.6. The number of carbonyl (C=O) groups excluding carboxylic acids is 1. The van der Waals surface area contributed by atoms with Crippen molar-refractivity contribution in [3.63, 3.8) is 0 Å². The highest BCUT2D eigenvalue weighted by Crippen LogP contribution is 2.23. The summed E-state index contributed by atoms with van der Waals surface area (Å²) in [5.74, 6) is -0.394. The quantitative estimate of drug-likeness (QED) is 0.884. The zero-order valence-corrected chi connectivity index (χ0v) is 11.5. The molecule has 104 valence electrons. The SMILES string of the molecule is CC(=O)Nc1cccc(C(C)Nc2ccccc2F)c1. The largest absolute Gasteiger partial charge is 0.376 e. The number of hydrogen-bond acceptors (Lipinski definition) is 2. The summed E-state index contributed by atoms with van der Waals surface area (Å²) in [6.07, 6.45) is 0. The molecule has 0 heterocycles. The van der Waals surface area contributed by atoms with Gasteiger partial charge in [-0.05, 0) is 36.8 Å². The number of amides is 1. The highest BCUT2D eigenvalue weighted by atomic mass is 19.1. The second-order valence-electron chi connectivity index (χ2n) is 4.65. The van der Waals surface area contributed by atoms with Gasteiger partial charge in [0.25, 0.3) is 0 Å². The second kappa shape index (κ2) is 6.19. The molecule has 2 aromatic rings. The van der Waals surface area contributed by atoms with Gasteiger partial charge in [-0.3, -0.25) is 4.79 Å². The molecule has 2 N–H and O–H groups in total. The third kappa shape index (κ3) is 3.57. The van der Waals surface area contributed by atoms with Crippen LogP contribution in [0, 0.1) is 5.82 Å². The minimum absolute atomic E-state index is 0.0689. The van der Waals surface area contributed by atoms with Crippen LogP contribution >= 0.6 is 0 Å². The molecule has 20 heavy (non-hydrogen) atoms. The third-order valence-corrected chi connectivity index (χ3v) is 2.95. The van der Waals surface area contributed by atoms with Crippen LogP contribution in [0.25, 0.3) is 0 Å². The predicted molar refractivity (Wildman–Crippen MR) is 79.2 cm³/mol. The van der Waals surface area contributed by atoms with Crippen LogP contribution in [0.15, 0.2) is 48.5 Å². The second-order valence-corrected chi connectivity index (χ2v) is 4.65. The van der Waals surface area contributed by atoms with Gasteiger partial charge in [0.1, 0.15) is 5.82 Å². The van der Waals surface area contributed by atoms with E-state index in [1.54, 1.807) is 18.2 Å². The number of hydrogen-bond donors (Lipinski definition) is 2. The van der Waals surface area contributed by atoms with Crippen LogP contribution in [-0.4, -0.2) is 5.91 Å². The number of nitrogens with one attached hydrogen (secondary N) is 2. The van der Waals surface area contributed by atoms with E-state index < -0.39 is 0 Å². The first-order valence-electron chi connectivity index (χ1n) is 6.45. The Balaban J connectivity index is 2.15. The Bertz CT molecular complexity index is 613. The molecule has 1 amide bonds. The maximum Gasteiger partial charge on any atom is 0.221 e. The first-order valence-corrected chi connectivity index (χ1v) is 6.45. The minimum Gasteiger partial charge on any atom is -0.376 e. The van der Waals surface area contributed by atoms with Gasteiger partial charge in [-0.15, -0.1) is 0 Å². The lowest BCUT2D eigenvalue weighted by atomic mass is 10.1. The van der Waals surface area contributed by atoms with Crippen molar-refractivity contribution in [1.29, 1.82) is 0 Å². The molecule has 0 aliphatic carbocycles. The molecule has 0 radical (unpaired) electrons. The van der Waals surface area contributed by atoms with Crippen LogP contribution in [0.1, 0.15) is 25.5 Å². The van der Waals surface area contributed by atoms with Crippen molar-refractivity contribution in [3.05, 3.63) is 59.9 Å². The van der Waals surface area contributed by atoms with Crippen LogP contribution < -0.4 is 10.6 Å². The van der Waals surface area contributed by atoms with Gasteiger partial charge in [-0.25, -0.2) is 4.39 Å². The average Bonchev–Trinajstić information content (AvgIpc) is 2.41. The average molecular weight is 272 g/mol. The van der Waals surface area contributed by atoms with E-state index in [9.17, 15) is 9.18 Å². The van der Waals surface area contributed by atoms with E-state index in [1.807, 2.05) is 31.2 Å². The highest BCUT2D eigenvalue weighted by Gasteiger charge is 2.08. The molecular weight excluding hydrogens is 255 g/mol. The fourth-order valence-electron chi connectivity index (χ4n) is 1.98. The molecule has 0 aromatic heterocycles. The molecule has 0 spiro atoms. The zero-order chi connectivity index (χ0) is 14.5. The monoisotopic (exact) mass is 272 g/mol. The van der Waals surface area contributed by atoms with Crippen molar-refractivity contribution in [3.8, 4) is 0 Å². The van der Waals surface area contributed by atoms with Crippen LogP contribution in [0.3, 0.4) is 0 Å². The van der Waals surface area contributed by atoms with Gasteiger partial charge < -0.3 is 10.6 Å². The number of carbonyl (C=O) groups is 1. The Morgan fingerprint density at radius 1 is 1.15 bits per heavy atom. The molecule has 0 aliphatic rings. The van der Waals surface area contributed by atoms with Crippen molar-refractivity contribution in [2.45, 2.75) is 19.9 Å². The predicted octanol–water partition coefficient (Wildman–Crippen LogP) is 3.96. The van der Waals surface area contributed by atoms with Gasteiger partial charge in [0, 0.05) is 18.7 Å². The first kappa shape index (κ1) is 14.1. The standard InChI is InChI=1S/C16H17FN2O/c1-11(18-16-9-4-3-8-15(16)17)13-6-5-7-14(10-13)19-12(2)20/h3-11,18H,1-2H3,(H,19,20). The van der Waals surface area contributed by atoms with Gasteiger partial charge >= 0.3 is 0 Å². The number of anilines is 2. The Labute approximate surface area is 117 Å². The van der Waals surface area contributed by atoms with Crippen LogP contribution in [0.5, 0.6) is 0 Å². The molecule has 2 aromatic carbocycles. The van der Waals surface area contributed by atoms with E-state index in [1.165, 1.54) is 13.0 Å². The summed E-state index contributed by atoms with van der Waals surface area (Å²) in [4.78, 5) is 11.1. The number of benzene rings is 2. The van der Waals surface area contributed by atoms with Crippen molar-refractivity contribution in [2.24, 2.45) is 0 Å². The first-order chi connectivity index (χ1) is 9.56. The summed E-state index contributed by atoms with van der Waals surface area (Å²) in [5.41, 5.74) is 2.17. The van der Waals surface area contributed by atoms with Gasteiger partial charge in [0.2, 0.25) is 5.91 Å². The number of para-hydroxylation sites is 1. The fraction of sp³-hybridized carbons (Fsp3) is 0.188. The molecule has 3 nitrogen and oxygen atoms in total. The molecule has 0 saturated heterocycles. The van der Waals surface area contributed by atoms with Crippen molar-refractivity contribution in [1.82, 2.24) is 0 Å². The molecular formula is C16H17FN2O. The smallest absolute Gasteiger partial charge is 0.221 e. The molecule has 0 fully saturated rings. The Kier molecular flexibility index (Phi) is 4.35. The summed E-state index contributed by atoms with van der Waals surface area (Å²) < 4.78 is 13.6. The molecule has 2 rings (SSSR count). The molecule has 0 bridgehead atoms. The van der Waals surface area contributed by atoms with E-state index in [-0.39, 0.29) is 17.8 Å². The molecule has 4 heteroatoms. The Morgan fingerprint density at radius 3 is 2.60 bits per heavy atom.